The van der Waals surface area contributed by atoms with Crippen molar-refractivity contribution in [3.8, 4) is 11.8 Å². The SMILES string of the molecule is CC.CC#CCN(c1ccccc1)c1ccccc1.CC(C)c1ccccc1. The third-order valence-corrected chi connectivity index (χ3v) is 4.02. The molecule has 0 atom stereocenters. The van der Waals surface area contributed by atoms with Crippen LogP contribution in [0.3, 0.4) is 0 Å². The largest absolute Gasteiger partial charge is 0.330 e. The highest BCUT2D eigenvalue weighted by molar-refractivity contribution is 5.63. The fourth-order valence-electron chi connectivity index (χ4n) is 2.54. The number of para-hydroxylation sites is 2. The molecule has 1 heteroatoms. The first-order valence-electron chi connectivity index (χ1n) is 10.0. The average Bonchev–Trinajstić information content (AvgIpc) is 2.78. The molecule has 3 aromatic rings. The zero-order chi connectivity index (χ0) is 20.6. The van der Waals surface area contributed by atoms with Gasteiger partial charge in [-0.25, -0.2) is 0 Å². The number of anilines is 2. The van der Waals surface area contributed by atoms with Crippen molar-refractivity contribution in [2.45, 2.75) is 40.5 Å². The van der Waals surface area contributed by atoms with Gasteiger partial charge in [-0.05, 0) is 42.7 Å². The van der Waals surface area contributed by atoms with E-state index in [0.717, 1.165) is 0 Å². The Labute approximate surface area is 172 Å². The summed E-state index contributed by atoms with van der Waals surface area (Å²) in [6.07, 6.45) is 0. The van der Waals surface area contributed by atoms with Crippen molar-refractivity contribution in [2.24, 2.45) is 0 Å². The van der Waals surface area contributed by atoms with E-state index in [1.165, 1.54) is 16.9 Å². The maximum Gasteiger partial charge on any atom is 0.0843 e. The van der Waals surface area contributed by atoms with Crippen molar-refractivity contribution >= 4 is 11.4 Å². The fourth-order valence-corrected chi connectivity index (χ4v) is 2.54. The molecule has 0 radical (unpaired) electrons. The zero-order valence-corrected chi connectivity index (χ0v) is 17.9. The Hall–Kier alpha value is -2.98. The Kier molecular flexibility index (Phi) is 11.6. The summed E-state index contributed by atoms with van der Waals surface area (Å²) in [7, 11) is 0. The van der Waals surface area contributed by atoms with Crippen LogP contribution >= 0.6 is 0 Å². The fraction of sp³-hybridized carbons (Fsp3) is 0.259. The summed E-state index contributed by atoms with van der Waals surface area (Å²) in [5.74, 6) is 6.73. The van der Waals surface area contributed by atoms with Crippen LogP contribution in [0.25, 0.3) is 0 Å². The molecule has 0 aromatic heterocycles. The summed E-state index contributed by atoms with van der Waals surface area (Å²) in [6.45, 7) is 11.0. The molecule has 0 N–H and O–H groups in total. The highest BCUT2D eigenvalue weighted by atomic mass is 15.1. The van der Waals surface area contributed by atoms with Gasteiger partial charge >= 0.3 is 0 Å². The first-order chi connectivity index (χ1) is 13.7. The zero-order valence-electron chi connectivity index (χ0n) is 17.9. The first-order valence-corrected chi connectivity index (χ1v) is 10.0. The van der Waals surface area contributed by atoms with Gasteiger partial charge in [0.05, 0.1) is 6.54 Å². The number of hydrogen-bond donors (Lipinski definition) is 0. The Morgan fingerprint density at radius 3 is 1.39 bits per heavy atom. The molecule has 0 fully saturated rings. The van der Waals surface area contributed by atoms with E-state index >= 15 is 0 Å². The van der Waals surface area contributed by atoms with Crippen LogP contribution in [0.1, 0.15) is 46.1 Å². The molecule has 0 saturated heterocycles. The molecule has 0 amide bonds. The highest BCUT2D eigenvalue weighted by Gasteiger charge is 2.06. The van der Waals surface area contributed by atoms with E-state index in [1.54, 1.807) is 0 Å². The smallest absolute Gasteiger partial charge is 0.0843 e. The van der Waals surface area contributed by atoms with Crippen molar-refractivity contribution in [1.29, 1.82) is 0 Å². The second-order valence-electron chi connectivity index (χ2n) is 6.25. The predicted molar refractivity (Wildman–Crippen MR) is 125 cm³/mol. The van der Waals surface area contributed by atoms with Gasteiger partial charge in [-0.2, -0.15) is 0 Å². The number of hydrogen-bond acceptors (Lipinski definition) is 1. The monoisotopic (exact) mass is 371 g/mol. The van der Waals surface area contributed by atoms with Crippen molar-refractivity contribution < 1.29 is 0 Å². The standard InChI is InChI=1S/C16H15N.C9H12.C2H6/c1-2-3-14-17(15-10-6-4-7-11-15)16-12-8-5-9-13-16;1-8(2)9-6-4-3-5-7-9;1-2/h4-13H,14H2,1H3;3-8H,1-2H3;1-2H3. The van der Waals surface area contributed by atoms with Gasteiger partial charge in [-0.1, -0.05) is 100 Å². The van der Waals surface area contributed by atoms with Crippen LogP contribution < -0.4 is 4.90 Å². The summed E-state index contributed by atoms with van der Waals surface area (Å²) < 4.78 is 0. The van der Waals surface area contributed by atoms with E-state index in [4.69, 9.17) is 0 Å². The summed E-state index contributed by atoms with van der Waals surface area (Å²) in [6, 6.07) is 31.2. The quantitative estimate of drug-likeness (QED) is 0.425. The van der Waals surface area contributed by atoms with Gasteiger partial charge in [0, 0.05) is 11.4 Å². The molecule has 3 aromatic carbocycles. The number of nitrogens with zero attached hydrogens (tertiary/aromatic N) is 1. The Balaban J connectivity index is 0.000000301. The van der Waals surface area contributed by atoms with Crippen LogP contribution in [0.15, 0.2) is 91.0 Å². The third kappa shape index (κ3) is 8.14. The van der Waals surface area contributed by atoms with Crippen LogP contribution in [0, 0.1) is 11.8 Å². The van der Waals surface area contributed by atoms with Crippen LogP contribution in [0.5, 0.6) is 0 Å². The van der Waals surface area contributed by atoms with Crippen LogP contribution in [0.4, 0.5) is 11.4 Å². The van der Waals surface area contributed by atoms with Gasteiger partial charge in [0.1, 0.15) is 0 Å². The van der Waals surface area contributed by atoms with E-state index in [9.17, 15) is 0 Å². The van der Waals surface area contributed by atoms with Crippen molar-refractivity contribution in [3.05, 3.63) is 96.6 Å². The van der Waals surface area contributed by atoms with Gasteiger partial charge in [0.2, 0.25) is 0 Å². The predicted octanol–water partition coefficient (Wildman–Crippen LogP) is 7.68. The van der Waals surface area contributed by atoms with Crippen LogP contribution in [-0.2, 0) is 0 Å². The molecular formula is C27H33N. The second-order valence-corrected chi connectivity index (χ2v) is 6.25. The maximum absolute atomic E-state index is 3.12. The Morgan fingerprint density at radius 1 is 0.679 bits per heavy atom. The summed E-state index contributed by atoms with van der Waals surface area (Å²) in [4.78, 5) is 2.20. The highest BCUT2D eigenvalue weighted by Crippen LogP contribution is 2.23. The van der Waals surface area contributed by atoms with Crippen molar-refractivity contribution in [3.63, 3.8) is 0 Å². The minimum Gasteiger partial charge on any atom is -0.330 e. The summed E-state index contributed by atoms with van der Waals surface area (Å²) in [5, 5.41) is 0. The minimum absolute atomic E-state index is 0.659. The van der Waals surface area contributed by atoms with E-state index in [0.29, 0.717) is 12.5 Å². The van der Waals surface area contributed by atoms with Gasteiger partial charge in [0.15, 0.2) is 0 Å². The number of benzene rings is 3. The molecule has 146 valence electrons. The first kappa shape index (κ1) is 23.1. The Bertz CT molecular complexity index is 757. The maximum atomic E-state index is 3.12. The minimum atomic E-state index is 0.659. The van der Waals surface area contributed by atoms with E-state index in [-0.39, 0.29) is 0 Å². The van der Waals surface area contributed by atoms with E-state index in [1.807, 2.05) is 63.2 Å². The molecule has 28 heavy (non-hydrogen) atoms. The van der Waals surface area contributed by atoms with Crippen LogP contribution in [-0.4, -0.2) is 6.54 Å². The van der Waals surface area contributed by atoms with E-state index < -0.39 is 0 Å². The second kappa shape index (κ2) is 14.1. The summed E-state index contributed by atoms with van der Waals surface area (Å²) >= 11 is 0. The molecule has 0 unspecified atom stereocenters. The topological polar surface area (TPSA) is 3.24 Å². The molecule has 0 bridgehead atoms. The lowest BCUT2D eigenvalue weighted by molar-refractivity contribution is 0.867. The number of rotatable bonds is 4. The van der Waals surface area contributed by atoms with Crippen molar-refractivity contribution in [1.82, 2.24) is 0 Å². The van der Waals surface area contributed by atoms with Gasteiger partial charge < -0.3 is 4.90 Å². The molecule has 0 aliphatic rings. The molecule has 0 spiro atoms. The Morgan fingerprint density at radius 2 is 1.07 bits per heavy atom. The molecule has 3 rings (SSSR count). The molecule has 0 heterocycles. The van der Waals surface area contributed by atoms with E-state index in [2.05, 4.69) is 79.1 Å². The van der Waals surface area contributed by atoms with Gasteiger partial charge in [0.25, 0.3) is 0 Å². The summed E-state index contributed by atoms with van der Waals surface area (Å²) in [5.41, 5.74) is 3.75. The van der Waals surface area contributed by atoms with Crippen LogP contribution in [0.2, 0.25) is 0 Å². The van der Waals surface area contributed by atoms with Gasteiger partial charge in [-0.15, -0.1) is 5.92 Å². The third-order valence-electron chi connectivity index (χ3n) is 4.02. The molecule has 0 aliphatic carbocycles. The molecule has 0 saturated carbocycles. The lowest BCUT2D eigenvalue weighted by Gasteiger charge is -2.22. The van der Waals surface area contributed by atoms with Crippen molar-refractivity contribution in [2.75, 3.05) is 11.4 Å². The molecular weight excluding hydrogens is 338 g/mol. The lowest BCUT2D eigenvalue weighted by atomic mass is 10.0. The molecule has 1 nitrogen and oxygen atoms in total. The van der Waals surface area contributed by atoms with Gasteiger partial charge in [-0.3, -0.25) is 0 Å². The normalized spacial score (nSPS) is 9.07. The lowest BCUT2D eigenvalue weighted by Crippen LogP contribution is -2.16. The molecule has 0 aliphatic heterocycles. The average molecular weight is 372 g/mol.